The van der Waals surface area contributed by atoms with Gasteiger partial charge in [-0.3, -0.25) is 14.5 Å². The maximum Gasteiger partial charge on any atom is 0.237 e. The fraction of sp³-hybridized carbons (Fsp3) is 0.517. The number of carbonyl (C=O) groups excluding carboxylic acids is 2. The van der Waals surface area contributed by atoms with Crippen LogP contribution >= 0.6 is 23.2 Å². The molecule has 4 unspecified atom stereocenters. The van der Waals surface area contributed by atoms with Crippen molar-refractivity contribution in [2.24, 2.45) is 5.41 Å². The lowest BCUT2D eigenvalue weighted by atomic mass is 9.62. The SMILES string of the molecule is CC(C)(C)CC1NC(C(=O)NCCN2CCOCC2)C(c2cc(F)cc(Cl)c2)C12C(=O)Nc1cc(Cl)ccc12. The third-order valence-corrected chi connectivity index (χ3v) is 8.43. The molecule has 2 aromatic carbocycles. The summed E-state index contributed by atoms with van der Waals surface area (Å²) in [6, 6.07) is 8.38. The second-order valence-corrected chi connectivity index (χ2v) is 12.8. The highest BCUT2D eigenvalue weighted by molar-refractivity contribution is 6.31. The number of amides is 2. The van der Waals surface area contributed by atoms with Gasteiger partial charge in [-0.15, -0.1) is 0 Å². The Hall–Kier alpha value is -2.23. The van der Waals surface area contributed by atoms with Gasteiger partial charge in [-0.05, 0) is 53.3 Å². The Morgan fingerprint density at radius 3 is 2.59 bits per heavy atom. The molecule has 3 N–H and O–H groups in total. The van der Waals surface area contributed by atoms with Gasteiger partial charge in [0.2, 0.25) is 11.8 Å². The molecule has 2 fully saturated rings. The molecule has 2 aromatic rings. The van der Waals surface area contributed by atoms with Gasteiger partial charge in [0, 0.05) is 53.9 Å². The summed E-state index contributed by atoms with van der Waals surface area (Å²) in [4.78, 5) is 30.2. The van der Waals surface area contributed by atoms with Crippen LogP contribution in [-0.2, 0) is 19.7 Å². The van der Waals surface area contributed by atoms with Gasteiger partial charge < -0.3 is 20.7 Å². The Kier molecular flexibility index (Phi) is 7.97. The zero-order valence-electron chi connectivity index (χ0n) is 22.5. The molecule has 210 valence electrons. The maximum absolute atomic E-state index is 14.8. The van der Waals surface area contributed by atoms with E-state index in [1.54, 1.807) is 18.2 Å². The van der Waals surface area contributed by atoms with E-state index in [4.69, 9.17) is 27.9 Å². The second kappa shape index (κ2) is 11.0. The molecule has 0 saturated carbocycles. The minimum Gasteiger partial charge on any atom is -0.379 e. The van der Waals surface area contributed by atoms with Gasteiger partial charge in [-0.2, -0.15) is 0 Å². The molecule has 0 aromatic heterocycles. The molecule has 2 amide bonds. The number of nitrogens with zero attached hydrogens (tertiary/aromatic N) is 1. The fourth-order valence-electron chi connectivity index (χ4n) is 6.45. The summed E-state index contributed by atoms with van der Waals surface area (Å²) in [6.07, 6.45) is 0.597. The molecule has 7 nitrogen and oxygen atoms in total. The van der Waals surface area contributed by atoms with E-state index in [2.05, 4.69) is 41.6 Å². The number of benzene rings is 2. The minimum atomic E-state index is -1.18. The molecule has 2 saturated heterocycles. The Balaban J connectivity index is 1.58. The van der Waals surface area contributed by atoms with E-state index < -0.39 is 29.2 Å². The molecule has 3 aliphatic rings. The monoisotopic (exact) mass is 576 g/mol. The lowest BCUT2D eigenvalue weighted by molar-refractivity contribution is -0.124. The number of carbonyl (C=O) groups is 2. The van der Waals surface area contributed by atoms with E-state index >= 15 is 0 Å². The van der Waals surface area contributed by atoms with Crippen molar-refractivity contribution in [3.05, 3.63) is 63.4 Å². The molecule has 0 aliphatic carbocycles. The maximum atomic E-state index is 14.8. The van der Waals surface area contributed by atoms with E-state index in [0.29, 0.717) is 49.0 Å². The Morgan fingerprint density at radius 2 is 1.90 bits per heavy atom. The molecule has 10 heteroatoms. The smallest absolute Gasteiger partial charge is 0.237 e. The summed E-state index contributed by atoms with van der Waals surface area (Å²) in [5.74, 6) is -1.72. The summed E-state index contributed by atoms with van der Waals surface area (Å²) in [5.41, 5.74) is 0.486. The van der Waals surface area contributed by atoms with Crippen molar-refractivity contribution in [1.82, 2.24) is 15.5 Å². The quantitative estimate of drug-likeness (QED) is 0.477. The number of rotatable bonds is 6. The lowest BCUT2D eigenvalue weighted by Gasteiger charge is -2.37. The van der Waals surface area contributed by atoms with Crippen LogP contribution in [0.5, 0.6) is 0 Å². The Bertz CT molecular complexity index is 1240. The van der Waals surface area contributed by atoms with Gasteiger partial charge in [0.25, 0.3) is 0 Å². The van der Waals surface area contributed by atoms with Crippen LogP contribution in [-0.4, -0.2) is 68.2 Å². The molecular weight excluding hydrogens is 542 g/mol. The zero-order chi connectivity index (χ0) is 27.9. The summed E-state index contributed by atoms with van der Waals surface area (Å²) in [5, 5.41) is 10.3. The number of hydrogen-bond acceptors (Lipinski definition) is 5. The van der Waals surface area contributed by atoms with Gasteiger partial charge in [-0.25, -0.2) is 4.39 Å². The van der Waals surface area contributed by atoms with E-state index in [1.165, 1.54) is 12.1 Å². The Labute approximate surface area is 238 Å². The van der Waals surface area contributed by atoms with E-state index in [1.807, 2.05) is 6.07 Å². The van der Waals surface area contributed by atoms with Crippen LogP contribution in [0.2, 0.25) is 10.0 Å². The van der Waals surface area contributed by atoms with E-state index in [0.717, 1.165) is 18.7 Å². The van der Waals surface area contributed by atoms with Crippen molar-refractivity contribution in [1.29, 1.82) is 0 Å². The van der Waals surface area contributed by atoms with Crippen LogP contribution in [0, 0.1) is 11.2 Å². The van der Waals surface area contributed by atoms with Gasteiger partial charge in [0.15, 0.2) is 0 Å². The van der Waals surface area contributed by atoms with Crippen LogP contribution in [0.25, 0.3) is 0 Å². The topological polar surface area (TPSA) is 82.7 Å². The van der Waals surface area contributed by atoms with Crippen molar-refractivity contribution in [3.8, 4) is 0 Å². The molecular formula is C29H35Cl2FN4O3. The summed E-state index contributed by atoms with van der Waals surface area (Å²) in [7, 11) is 0. The molecule has 4 atom stereocenters. The van der Waals surface area contributed by atoms with Crippen LogP contribution in [0.15, 0.2) is 36.4 Å². The van der Waals surface area contributed by atoms with Crippen LogP contribution in [0.3, 0.4) is 0 Å². The fourth-order valence-corrected chi connectivity index (χ4v) is 6.85. The largest absolute Gasteiger partial charge is 0.379 e. The van der Waals surface area contributed by atoms with Crippen molar-refractivity contribution in [3.63, 3.8) is 0 Å². The van der Waals surface area contributed by atoms with Crippen molar-refractivity contribution < 1.29 is 18.7 Å². The highest BCUT2D eigenvalue weighted by atomic mass is 35.5. The number of nitrogens with one attached hydrogen (secondary N) is 3. The first-order valence-corrected chi connectivity index (χ1v) is 14.2. The summed E-state index contributed by atoms with van der Waals surface area (Å²) < 4.78 is 20.2. The predicted molar refractivity (Wildman–Crippen MR) is 151 cm³/mol. The summed E-state index contributed by atoms with van der Waals surface area (Å²) >= 11 is 12.6. The molecule has 0 radical (unpaired) electrons. The molecule has 0 bridgehead atoms. The average Bonchev–Trinajstić information content (AvgIpc) is 3.33. The molecule has 5 rings (SSSR count). The third-order valence-electron chi connectivity index (χ3n) is 7.98. The highest BCUT2D eigenvalue weighted by Crippen LogP contribution is 2.56. The normalized spacial score (nSPS) is 27.0. The van der Waals surface area contributed by atoms with Crippen LogP contribution < -0.4 is 16.0 Å². The van der Waals surface area contributed by atoms with Crippen molar-refractivity contribution in [2.45, 2.75) is 50.6 Å². The lowest BCUT2D eigenvalue weighted by Crippen LogP contribution is -2.49. The number of halogens is 3. The Morgan fingerprint density at radius 1 is 1.15 bits per heavy atom. The third kappa shape index (κ3) is 5.55. The van der Waals surface area contributed by atoms with Gasteiger partial charge >= 0.3 is 0 Å². The van der Waals surface area contributed by atoms with Gasteiger partial charge in [0.1, 0.15) is 11.2 Å². The van der Waals surface area contributed by atoms with Crippen LogP contribution in [0.1, 0.15) is 44.2 Å². The molecule has 1 spiro atoms. The number of ether oxygens (including phenoxy) is 1. The zero-order valence-corrected chi connectivity index (χ0v) is 24.0. The van der Waals surface area contributed by atoms with Gasteiger partial charge in [-0.1, -0.05) is 50.0 Å². The predicted octanol–water partition coefficient (Wildman–Crippen LogP) is 4.33. The molecule has 39 heavy (non-hydrogen) atoms. The number of morpholine rings is 1. The second-order valence-electron chi connectivity index (χ2n) is 11.9. The highest BCUT2D eigenvalue weighted by Gasteiger charge is 2.65. The summed E-state index contributed by atoms with van der Waals surface area (Å²) in [6.45, 7) is 10.4. The van der Waals surface area contributed by atoms with Crippen molar-refractivity contribution >= 4 is 40.7 Å². The first kappa shape index (κ1) is 28.3. The molecule has 3 heterocycles. The number of hydrogen-bond donors (Lipinski definition) is 3. The van der Waals surface area contributed by atoms with E-state index in [9.17, 15) is 14.0 Å². The first-order valence-electron chi connectivity index (χ1n) is 13.4. The van der Waals surface area contributed by atoms with Crippen LogP contribution in [0.4, 0.5) is 10.1 Å². The van der Waals surface area contributed by atoms with Gasteiger partial charge in [0.05, 0.1) is 19.3 Å². The van der Waals surface area contributed by atoms with Crippen molar-refractivity contribution in [2.75, 3.05) is 44.7 Å². The minimum absolute atomic E-state index is 0.175. The number of fused-ring (bicyclic) bond motifs is 2. The average molecular weight is 578 g/mol. The first-order chi connectivity index (χ1) is 18.5. The van der Waals surface area contributed by atoms with E-state index in [-0.39, 0.29) is 22.3 Å². The number of anilines is 1. The molecule has 3 aliphatic heterocycles. The standard InChI is InChI=1S/C29H35Cl2FN4O3/c1-28(2,3)16-23-29(21-5-4-18(30)15-22(21)34-27(29)38)24(17-12-19(31)14-20(32)13-17)25(35-23)26(37)33-6-7-36-8-10-39-11-9-36/h4-5,12-15,23-25,35H,6-11,16H2,1-3H3,(H,33,37)(H,34,38).